The van der Waals surface area contributed by atoms with E-state index in [1.165, 1.54) is 209 Å². The van der Waals surface area contributed by atoms with E-state index in [0.29, 0.717) is 0 Å². The van der Waals surface area contributed by atoms with Crippen LogP contribution in [-0.4, -0.2) is 8.41 Å². The van der Waals surface area contributed by atoms with Gasteiger partial charge in [-0.25, -0.2) is 4.39 Å². The third-order valence-corrected chi connectivity index (χ3v) is 9.78. The largest absolute Gasteiger partial charge is 0.207 e. The van der Waals surface area contributed by atoms with Gasteiger partial charge in [0, 0.05) is 0 Å². The lowest BCUT2D eigenvalue weighted by molar-refractivity contribution is 0.549. The molecule has 0 radical (unpaired) electrons. The SMILES string of the molecule is B.CCCCCCCCCCCCc1cc(F)cc(CCCCCCCCCCCC)c1CCCCCCCCCCCC. The quantitative estimate of drug-likeness (QED) is 0.0546. The van der Waals surface area contributed by atoms with Crippen molar-refractivity contribution >= 4 is 8.41 Å². The van der Waals surface area contributed by atoms with Crippen molar-refractivity contribution in [3.05, 3.63) is 34.6 Å². The van der Waals surface area contributed by atoms with E-state index in [-0.39, 0.29) is 14.2 Å². The minimum atomic E-state index is 0. The highest BCUT2D eigenvalue weighted by Crippen LogP contribution is 2.25. The first-order chi connectivity index (χ1) is 21.2. The molecule has 0 spiro atoms. The zero-order valence-electron chi connectivity index (χ0n) is 29.9. The molecule has 0 aliphatic rings. The van der Waals surface area contributed by atoms with E-state index >= 15 is 0 Å². The summed E-state index contributed by atoms with van der Waals surface area (Å²) in [7, 11) is 0. The summed E-state index contributed by atoms with van der Waals surface area (Å²) < 4.78 is 14.9. The molecule has 0 atom stereocenters. The fourth-order valence-electron chi connectivity index (χ4n) is 6.92. The topological polar surface area (TPSA) is 0 Å². The maximum absolute atomic E-state index is 14.9. The number of hydrogen-bond donors (Lipinski definition) is 0. The van der Waals surface area contributed by atoms with Gasteiger partial charge in [-0.05, 0) is 67.3 Å². The van der Waals surface area contributed by atoms with Crippen molar-refractivity contribution in [3.63, 3.8) is 0 Å². The molecule has 0 aliphatic carbocycles. The first-order valence-electron chi connectivity index (χ1n) is 20.0. The summed E-state index contributed by atoms with van der Waals surface area (Å²) in [4.78, 5) is 0. The lowest BCUT2D eigenvalue weighted by atomic mass is 9.89. The van der Waals surface area contributed by atoms with Gasteiger partial charge in [0.1, 0.15) is 5.82 Å². The Bertz CT molecular complexity index is 669. The van der Waals surface area contributed by atoms with E-state index in [2.05, 4.69) is 20.8 Å². The molecule has 0 unspecified atom stereocenters. The van der Waals surface area contributed by atoms with Crippen molar-refractivity contribution < 1.29 is 4.39 Å². The highest BCUT2D eigenvalue weighted by atomic mass is 19.1. The maximum atomic E-state index is 14.9. The maximum Gasteiger partial charge on any atom is 0.123 e. The van der Waals surface area contributed by atoms with Gasteiger partial charge in [0.2, 0.25) is 0 Å². The van der Waals surface area contributed by atoms with Gasteiger partial charge >= 0.3 is 0 Å². The summed E-state index contributed by atoms with van der Waals surface area (Å²) in [5.41, 5.74) is 4.22. The molecule has 1 aromatic carbocycles. The summed E-state index contributed by atoms with van der Waals surface area (Å²) >= 11 is 0. The van der Waals surface area contributed by atoms with Crippen molar-refractivity contribution in [1.29, 1.82) is 0 Å². The Morgan fingerprint density at radius 2 is 0.568 bits per heavy atom. The molecule has 0 N–H and O–H groups in total. The number of aryl methyl sites for hydroxylation is 2. The Kier molecular flexibility index (Phi) is 33.0. The molecule has 1 rings (SSSR count). The van der Waals surface area contributed by atoms with Gasteiger partial charge in [-0.1, -0.05) is 194 Å². The van der Waals surface area contributed by atoms with E-state index in [0.717, 1.165) is 19.3 Å². The van der Waals surface area contributed by atoms with E-state index in [4.69, 9.17) is 0 Å². The van der Waals surface area contributed by atoms with Crippen LogP contribution < -0.4 is 0 Å². The molecular formula is C42H80BF. The van der Waals surface area contributed by atoms with Gasteiger partial charge in [-0.3, -0.25) is 0 Å². The Morgan fingerprint density at radius 1 is 0.341 bits per heavy atom. The number of benzene rings is 1. The Labute approximate surface area is 279 Å². The zero-order chi connectivity index (χ0) is 31.1. The Balaban J connectivity index is 0.0000185. The fraction of sp³-hybridized carbons (Fsp3) is 0.857. The van der Waals surface area contributed by atoms with Crippen LogP contribution in [0.25, 0.3) is 0 Å². The monoisotopic (exact) mass is 615 g/mol. The molecule has 2 heteroatoms. The third kappa shape index (κ3) is 25.4. The molecule has 0 aromatic heterocycles. The number of halogens is 1. The van der Waals surface area contributed by atoms with Crippen LogP contribution in [0.4, 0.5) is 4.39 Å². The van der Waals surface area contributed by atoms with Crippen LogP contribution in [0, 0.1) is 5.82 Å². The van der Waals surface area contributed by atoms with E-state index in [9.17, 15) is 4.39 Å². The van der Waals surface area contributed by atoms with Gasteiger partial charge < -0.3 is 0 Å². The van der Waals surface area contributed by atoms with Crippen molar-refractivity contribution in [3.8, 4) is 0 Å². The lowest BCUT2D eigenvalue weighted by Gasteiger charge is -2.16. The molecule has 0 aliphatic heterocycles. The average molecular weight is 615 g/mol. The first-order valence-corrected chi connectivity index (χ1v) is 20.0. The Hall–Kier alpha value is -0.785. The van der Waals surface area contributed by atoms with Crippen LogP contribution >= 0.6 is 0 Å². The third-order valence-electron chi connectivity index (χ3n) is 9.78. The zero-order valence-corrected chi connectivity index (χ0v) is 29.9. The van der Waals surface area contributed by atoms with Crippen LogP contribution in [0.15, 0.2) is 12.1 Å². The van der Waals surface area contributed by atoms with Crippen molar-refractivity contribution in [2.24, 2.45) is 0 Å². The van der Waals surface area contributed by atoms with Crippen LogP contribution in [0.3, 0.4) is 0 Å². The number of rotatable bonds is 33. The van der Waals surface area contributed by atoms with Gasteiger partial charge in [0.25, 0.3) is 0 Å². The van der Waals surface area contributed by atoms with Gasteiger partial charge in [0.15, 0.2) is 0 Å². The van der Waals surface area contributed by atoms with Gasteiger partial charge in [0.05, 0.1) is 8.41 Å². The standard InChI is InChI=1S/C42H77F.BH3/c1-4-7-10-13-16-19-22-25-28-31-34-39-37-41(43)38-40(35-32-29-26-23-20-17-14-11-8-5-2)42(39)36-33-30-27-24-21-18-15-12-9-6-3;/h37-38H,4-36H2,1-3H3;1H3. The van der Waals surface area contributed by atoms with Crippen molar-refractivity contribution in [2.45, 2.75) is 233 Å². The molecule has 0 nitrogen and oxygen atoms in total. The molecule has 0 heterocycles. The lowest BCUT2D eigenvalue weighted by Crippen LogP contribution is -2.04. The first kappa shape index (κ1) is 43.2. The van der Waals surface area contributed by atoms with Crippen molar-refractivity contribution in [1.82, 2.24) is 0 Å². The number of unbranched alkanes of at least 4 members (excludes halogenated alkanes) is 27. The second-order valence-electron chi connectivity index (χ2n) is 14.0. The molecule has 258 valence electrons. The van der Waals surface area contributed by atoms with Gasteiger partial charge in [-0.15, -0.1) is 0 Å². The van der Waals surface area contributed by atoms with Crippen LogP contribution in [-0.2, 0) is 19.3 Å². The van der Waals surface area contributed by atoms with Gasteiger partial charge in [-0.2, -0.15) is 0 Å². The summed E-state index contributed by atoms with van der Waals surface area (Å²) in [5, 5.41) is 0. The second kappa shape index (κ2) is 33.6. The summed E-state index contributed by atoms with van der Waals surface area (Å²) in [6.07, 6.45) is 44.4. The van der Waals surface area contributed by atoms with E-state index in [1.807, 2.05) is 12.1 Å². The molecule has 0 amide bonds. The second-order valence-corrected chi connectivity index (χ2v) is 14.0. The highest BCUT2D eigenvalue weighted by molar-refractivity contribution is 5.75. The molecule has 0 fully saturated rings. The minimum Gasteiger partial charge on any atom is -0.207 e. The molecule has 0 saturated carbocycles. The molecule has 0 bridgehead atoms. The molecule has 1 aromatic rings. The minimum absolute atomic E-state index is 0. The van der Waals surface area contributed by atoms with Crippen molar-refractivity contribution in [2.75, 3.05) is 0 Å². The number of hydrogen-bond acceptors (Lipinski definition) is 0. The average Bonchev–Trinajstić information content (AvgIpc) is 3.00. The van der Waals surface area contributed by atoms with E-state index in [1.54, 1.807) is 0 Å². The normalized spacial score (nSPS) is 11.3. The van der Waals surface area contributed by atoms with Crippen LogP contribution in [0.1, 0.15) is 230 Å². The van der Waals surface area contributed by atoms with E-state index < -0.39 is 0 Å². The summed E-state index contributed by atoms with van der Waals surface area (Å²) in [5.74, 6) is 0.0102. The van der Waals surface area contributed by atoms with Crippen LogP contribution in [0.5, 0.6) is 0 Å². The fourth-order valence-corrected chi connectivity index (χ4v) is 6.92. The molecule has 44 heavy (non-hydrogen) atoms. The highest BCUT2D eigenvalue weighted by Gasteiger charge is 2.12. The smallest absolute Gasteiger partial charge is 0.123 e. The predicted molar refractivity (Wildman–Crippen MR) is 203 cm³/mol. The predicted octanol–water partition coefficient (Wildman–Crippen LogP) is 14.0. The summed E-state index contributed by atoms with van der Waals surface area (Å²) in [6.45, 7) is 6.89. The van der Waals surface area contributed by atoms with Crippen LogP contribution in [0.2, 0.25) is 0 Å². The summed E-state index contributed by atoms with van der Waals surface area (Å²) in [6, 6.07) is 3.81. The Morgan fingerprint density at radius 3 is 0.841 bits per heavy atom. The molecular weight excluding hydrogens is 534 g/mol. The molecule has 0 saturated heterocycles.